The van der Waals surface area contributed by atoms with Gasteiger partial charge in [-0.1, -0.05) is 23.2 Å². The van der Waals surface area contributed by atoms with E-state index in [4.69, 9.17) is 27.9 Å². The minimum absolute atomic E-state index is 0.0635. The second-order valence-corrected chi connectivity index (χ2v) is 6.39. The second-order valence-electron chi connectivity index (χ2n) is 5.54. The molecule has 1 heterocycles. The van der Waals surface area contributed by atoms with Gasteiger partial charge in [0, 0.05) is 16.1 Å². The lowest BCUT2D eigenvalue weighted by atomic mass is 10.1. The first-order valence-corrected chi connectivity index (χ1v) is 8.18. The van der Waals surface area contributed by atoms with Crippen molar-refractivity contribution >= 4 is 39.9 Å². The number of ketones is 1. The number of methoxy groups -OCH3 is 1. The highest BCUT2D eigenvalue weighted by Crippen LogP contribution is 2.25. The van der Waals surface area contributed by atoms with E-state index in [9.17, 15) is 9.59 Å². The molecule has 0 aliphatic heterocycles. The van der Waals surface area contributed by atoms with Crippen molar-refractivity contribution < 1.29 is 9.53 Å². The minimum Gasteiger partial charge on any atom is -0.496 e. The number of Topliss-reactive ketones (excluding diaryl/α,β-unsaturated/α-hetero) is 1. The van der Waals surface area contributed by atoms with Crippen LogP contribution in [0.4, 0.5) is 0 Å². The molecule has 25 heavy (non-hydrogen) atoms. The molecule has 0 aliphatic rings. The van der Waals surface area contributed by atoms with E-state index in [-0.39, 0.29) is 17.9 Å². The SMILES string of the molecule is COc1ccc(C(C)=O)cc1Cn1cnc2c(Cl)cc(Cl)cc2c1=O. The van der Waals surface area contributed by atoms with Crippen molar-refractivity contribution in [1.82, 2.24) is 9.55 Å². The topological polar surface area (TPSA) is 61.2 Å². The molecule has 1 aromatic heterocycles. The van der Waals surface area contributed by atoms with Gasteiger partial charge in [-0.15, -0.1) is 0 Å². The van der Waals surface area contributed by atoms with E-state index in [1.807, 2.05) is 0 Å². The van der Waals surface area contributed by atoms with Crippen LogP contribution in [-0.2, 0) is 6.54 Å². The lowest BCUT2D eigenvalue weighted by molar-refractivity contribution is 0.101. The average Bonchev–Trinajstić information content (AvgIpc) is 2.57. The number of hydrogen-bond acceptors (Lipinski definition) is 4. The summed E-state index contributed by atoms with van der Waals surface area (Å²) in [4.78, 5) is 28.6. The summed E-state index contributed by atoms with van der Waals surface area (Å²) >= 11 is 12.1. The summed E-state index contributed by atoms with van der Waals surface area (Å²) < 4.78 is 6.76. The first-order chi connectivity index (χ1) is 11.9. The minimum atomic E-state index is -0.273. The van der Waals surface area contributed by atoms with E-state index in [2.05, 4.69) is 4.98 Å². The monoisotopic (exact) mass is 376 g/mol. The van der Waals surface area contributed by atoms with Crippen LogP contribution < -0.4 is 10.3 Å². The molecule has 7 heteroatoms. The Morgan fingerprint density at radius 1 is 1.24 bits per heavy atom. The van der Waals surface area contributed by atoms with E-state index in [1.54, 1.807) is 24.3 Å². The number of carbonyl (C=O) groups excluding carboxylic acids is 1. The molecule has 5 nitrogen and oxygen atoms in total. The summed E-state index contributed by atoms with van der Waals surface area (Å²) in [7, 11) is 1.53. The lowest BCUT2D eigenvalue weighted by Crippen LogP contribution is -2.21. The van der Waals surface area contributed by atoms with Crippen LogP contribution >= 0.6 is 23.2 Å². The number of nitrogens with zero attached hydrogens (tertiary/aromatic N) is 2. The van der Waals surface area contributed by atoms with Crippen LogP contribution in [0, 0.1) is 0 Å². The van der Waals surface area contributed by atoms with E-state index in [0.717, 1.165) is 0 Å². The van der Waals surface area contributed by atoms with Gasteiger partial charge in [0.2, 0.25) is 0 Å². The summed E-state index contributed by atoms with van der Waals surface area (Å²) in [6, 6.07) is 8.19. The molecule has 0 bridgehead atoms. The molecule has 0 saturated carbocycles. The molecule has 0 radical (unpaired) electrons. The van der Waals surface area contributed by atoms with Crippen molar-refractivity contribution in [1.29, 1.82) is 0 Å². The molecule has 0 atom stereocenters. The van der Waals surface area contributed by atoms with Gasteiger partial charge >= 0.3 is 0 Å². The Balaban J connectivity index is 2.13. The fourth-order valence-electron chi connectivity index (χ4n) is 2.61. The van der Waals surface area contributed by atoms with Gasteiger partial charge in [-0.25, -0.2) is 4.98 Å². The summed E-state index contributed by atoms with van der Waals surface area (Å²) in [5.41, 5.74) is 1.37. The smallest absolute Gasteiger partial charge is 0.261 e. The highest BCUT2D eigenvalue weighted by Gasteiger charge is 2.12. The number of benzene rings is 2. The summed E-state index contributed by atoms with van der Waals surface area (Å²) in [5.74, 6) is 0.521. The Bertz CT molecular complexity index is 1040. The van der Waals surface area contributed by atoms with Gasteiger partial charge < -0.3 is 4.74 Å². The van der Waals surface area contributed by atoms with Gasteiger partial charge in [-0.05, 0) is 37.3 Å². The van der Waals surface area contributed by atoms with E-state index < -0.39 is 0 Å². The number of fused-ring (bicyclic) bond motifs is 1. The van der Waals surface area contributed by atoms with E-state index in [0.29, 0.717) is 37.8 Å². The molecule has 0 amide bonds. The van der Waals surface area contributed by atoms with Gasteiger partial charge in [-0.3, -0.25) is 14.2 Å². The fourth-order valence-corrected chi connectivity index (χ4v) is 3.15. The third kappa shape index (κ3) is 3.38. The lowest BCUT2D eigenvalue weighted by Gasteiger charge is -2.12. The number of aromatic nitrogens is 2. The molecular formula is C18H14Cl2N2O3. The second kappa shape index (κ2) is 6.86. The number of carbonyl (C=O) groups is 1. The normalized spacial score (nSPS) is 10.9. The molecular weight excluding hydrogens is 363 g/mol. The van der Waals surface area contributed by atoms with Crippen molar-refractivity contribution in [3.05, 3.63) is 68.2 Å². The van der Waals surface area contributed by atoms with Crippen molar-refractivity contribution in [2.75, 3.05) is 7.11 Å². The summed E-state index contributed by atoms with van der Waals surface area (Å²) in [6.07, 6.45) is 1.42. The maximum Gasteiger partial charge on any atom is 0.261 e. The molecule has 128 valence electrons. The first-order valence-electron chi connectivity index (χ1n) is 7.42. The van der Waals surface area contributed by atoms with E-state index >= 15 is 0 Å². The number of hydrogen-bond donors (Lipinski definition) is 0. The van der Waals surface area contributed by atoms with Crippen molar-refractivity contribution in [3.8, 4) is 5.75 Å². The molecule has 0 N–H and O–H groups in total. The number of halogens is 2. The van der Waals surface area contributed by atoms with Gasteiger partial charge in [0.05, 0.1) is 35.9 Å². The quantitative estimate of drug-likeness (QED) is 0.646. The summed E-state index contributed by atoms with van der Waals surface area (Å²) in [6.45, 7) is 1.69. The van der Waals surface area contributed by atoms with Crippen molar-refractivity contribution in [2.45, 2.75) is 13.5 Å². The van der Waals surface area contributed by atoms with Crippen LogP contribution in [-0.4, -0.2) is 22.4 Å². The Morgan fingerprint density at radius 3 is 2.68 bits per heavy atom. The largest absolute Gasteiger partial charge is 0.496 e. The maximum atomic E-state index is 12.8. The van der Waals surface area contributed by atoms with Crippen molar-refractivity contribution in [2.24, 2.45) is 0 Å². The molecule has 3 rings (SSSR count). The predicted molar refractivity (Wildman–Crippen MR) is 98.1 cm³/mol. The molecule has 0 fully saturated rings. The van der Waals surface area contributed by atoms with Crippen molar-refractivity contribution in [3.63, 3.8) is 0 Å². The van der Waals surface area contributed by atoms with Crippen LogP contribution in [0.15, 0.2) is 41.5 Å². The van der Waals surface area contributed by atoms with Crippen LogP contribution in [0.1, 0.15) is 22.8 Å². The Hall–Kier alpha value is -2.37. The van der Waals surface area contributed by atoms with Crippen LogP contribution in [0.3, 0.4) is 0 Å². The van der Waals surface area contributed by atoms with Gasteiger partial charge in [0.25, 0.3) is 5.56 Å². The molecule has 3 aromatic rings. The highest BCUT2D eigenvalue weighted by molar-refractivity contribution is 6.38. The molecule has 0 aliphatic carbocycles. The Morgan fingerprint density at radius 2 is 2.00 bits per heavy atom. The fraction of sp³-hybridized carbons (Fsp3) is 0.167. The highest BCUT2D eigenvalue weighted by atomic mass is 35.5. The predicted octanol–water partition coefficient (Wildman–Crippen LogP) is 3.96. The van der Waals surface area contributed by atoms with Gasteiger partial charge in [-0.2, -0.15) is 0 Å². The van der Waals surface area contributed by atoms with Gasteiger partial charge in [0.1, 0.15) is 5.75 Å². The van der Waals surface area contributed by atoms with Gasteiger partial charge in [0.15, 0.2) is 5.78 Å². The zero-order chi connectivity index (χ0) is 18.1. The maximum absolute atomic E-state index is 12.8. The third-order valence-electron chi connectivity index (χ3n) is 3.87. The Kier molecular flexibility index (Phi) is 4.79. The molecule has 2 aromatic carbocycles. The zero-order valence-electron chi connectivity index (χ0n) is 13.5. The third-order valence-corrected chi connectivity index (χ3v) is 4.38. The number of rotatable bonds is 4. The van der Waals surface area contributed by atoms with Crippen LogP contribution in [0.2, 0.25) is 10.0 Å². The molecule has 0 spiro atoms. The Labute approximate surface area is 153 Å². The molecule has 0 unspecified atom stereocenters. The van der Waals surface area contributed by atoms with Crippen LogP contribution in [0.25, 0.3) is 10.9 Å². The standard InChI is InChI=1S/C18H14Cl2N2O3/c1-10(23)11-3-4-16(25-2)12(5-11)8-22-9-21-17-14(18(22)24)6-13(19)7-15(17)20/h3-7,9H,8H2,1-2H3. The van der Waals surface area contributed by atoms with E-state index in [1.165, 1.54) is 31.0 Å². The zero-order valence-corrected chi connectivity index (χ0v) is 15.1. The summed E-state index contributed by atoms with van der Waals surface area (Å²) in [5, 5.41) is 1.02. The molecule has 0 saturated heterocycles. The first kappa shape index (κ1) is 17.5. The number of ether oxygens (including phenoxy) is 1. The van der Waals surface area contributed by atoms with Crippen LogP contribution in [0.5, 0.6) is 5.75 Å². The average molecular weight is 377 g/mol.